The molecule has 1 unspecified atom stereocenters. The number of carbonyl (C=O) groups excluding carboxylic acids is 3. The molecule has 3 aromatic rings. The molecule has 2 aromatic heterocycles. The lowest BCUT2D eigenvalue weighted by Crippen LogP contribution is -2.68. The number of rotatable bonds is 8. The van der Waals surface area contributed by atoms with Crippen molar-refractivity contribution in [1.29, 1.82) is 0 Å². The van der Waals surface area contributed by atoms with E-state index >= 15 is 0 Å². The summed E-state index contributed by atoms with van der Waals surface area (Å²) in [5, 5.41) is 3.19. The first-order valence-electron chi connectivity index (χ1n) is 11.2. The van der Waals surface area contributed by atoms with Gasteiger partial charge in [0.25, 0.3) is 11.8 Å². The number of halogens is 1. The summed E-state index contributed by atoms with van der Waals surface area (Å²) in [4.78, 5) is 46.6. The Morgan fingerprint density at radius 1 is 1.26 bits per heavy atom. The number of fused-ring (bicyclic) bond motifs is 1. The number of thiophene rings is 1. The highest BCUT2D eigenvalue weighted by molar-refractivity contribution is 7.17. The summed E-state index contributed by atoms with van der Waals surface area (Å²) in [6, 6.07) is 11.0. The van der Waals surface area contributed by atoms with E-state index in [-0.39, 0.29) is 30.7 Å². The Kier molecular flexibility index (Phi) is 7.19. The van der Waals surface area contributed by atoms with Crippen LogP contribution in [-0.2, 0) is 14.3 Å². The Morgan fingerprint density at radius 2 is 2.06 bits per heavy atom. The van der Waals surface area contributed by atoms with Crippen LogP contribution in [0, 0.1) is 0 Å². The van der Waals surface area contributed by atoms with E-state index in [1.807, 2.05) is 29.6 Å². The molecular formula is C25H26ClN3O4S. The Bertz CT molecular complexity index is 1230. The summed E-state index contributed by atoms with van der Waals surface area (Å²) in [7, 11) is 0. The van der Waals surface area contributed by atoms with Crippen LogP contribution in [-0.4, -0.2) is 52.9 Å². The first-order chi connectivity index (χ1) is 16.3. The topological polar surface area (TPSA) is 79.8 Å². The molecule has 3 heterocycles. The zero-order chi connectivity index (χ0) is 24.3. The van der Waals surface area contributed by atoms with Crippen molar-refractivity contribution >= 4 is 56.6 Å². The monoisotopic (exact) mass is 499 g/mol. The van der Waals surface area contributed by atoms with Crippen LogP contribution in [0.1, 0.15) is 43.5 Å². The van der Waals surface area contributed by atoms with Gasteiger partial charge in [-0.05, 0) is 44.9 Å². The summed E-state index contributed by atoms with van der Waals surface area (Å²) < 4.78 is 6.03. The van der Waals surface area contributed by atoms with Gasteiger partial charge in [0.15, 0.2) is 0 Å². The van der Waals surface area contributed by atoms with Gasteiger partial charge in [0.2, 0.25) is 0 Å². The van der Waals surface area contributed by atoms with E-state index in [1.54, 1.807) is 30.9 Å². The van der Waals surface area contributed by atoms with Gasteiger partial charge in [0.05, 0.1) is 12.2 Å². The highest BCUT2D eigenvalue weighted by Crippen LogP contribution is 2.37. The van der Waals surface area contributed by atoms with Crippen LogP contribution in [0.15, 0.2) is 48.0 Å². The van der Waals surface area contributed by atoms with Crippen molar-refractivity contribution in [2.75, 3.05) is 24.6 Å². The number of pyridine rings is 1. The maximum atomic E-state index is 13.8. The molecule has 0 N–H and O–H groups in total. The van der Waals surface area contributed by atoms with E-state index in [0.29, 0.717) is 42.4 Å². The molecule has 0 saturated carbocycles. The molecule has 0 spiro atoms. The molecule has 1 saturated heterocycles. The van der Waals surface area contributed by atoms with Crippen LogP contribution in [0.25, 0.3) is 10.1 Å². The van der Waals surface area contributed by atoms with Gasteiger partial charge in [-0.15, -0.1) is 11.3 Å². The zero-order valence-corrected chi connectivity index (χ0v) is 20.7. The molecule has 2 amide bonds. The normalized spacial score (nSPS) is 17.3. The second kappa shape index (κ2) is 10.1. The van der Waals surface area contributed by atoms with Gasteiger partial charge < -0.3 is 9.64 Å². The summed E-state index contributed by atoms with van der Waals surface area (Å²) >= 11 is 7.68. The number of esters is 1. The largest absolute Gasteiger partial charge is 0.466 e. The van der Waals surface area contributed by atoms with Crippen molar-refractivity contribution in [3.05, 3.63) is 58.6 Å². The molecule has 1 atom stereocenters. The third-order valence-electron chi connectivity index (χ3n) is 6.13. The fraction of sp³-hybridized carbons (Fsp3) is 0.360. The number of hydrogen-bond acceptors (Lipinski definition) is 6. The lowest BCUT2D eigenvalue weighted by atomic mass is 9.84. The van der Waals surface area contributed by atoms with Gasteiger partial charge in [0.1, 0.15) is 11.4 Å². The van der Waals surface area contributed by atoms with Gasteiger partial charge in [-0.3, -0.25) is 19.3 Å². The first kappa shape index (κ1) is 24.2. The minimum absolute atomic E-state index is 0.162. The number of aromatic nitrogens is 1. The van der Waals surface area contributed by atoms with Crippen molar-refractivity contribution in [1.82, 2.24) is 9.88 Å². The molecule has 1 aromatic carbocycles. The van der Waals surface area contributed by atoms with Crippen molar-refractivity contribution < 1.29 is 19.1 Å². The third-order valence-corrected chi connectivity index (χ3v) is 7.33. The Morgan fingerprint density at radius 3 is 2.76 bits per heavy atom. The highest BCUT2D eigenvalue weighted by Gasteiger charge is 2.52. The second-order valence-electron chi connectivity index (χ2n) is 8.32. The summed E-state index contributed by atoms with van der Waals surface area (Å²) in [5.74, 6) is -0.330. The molecule has 178 valence electrons. The predicted octanol–water partition coefficient (Wildman–Crippen LogP) is 4.93. The van der Waals surface area contributed by atoms with E-state index in [4.69, 9.17) is 16.3 Å². The van der Waals surface area contributed by atoms with Crippen molar-refractivity contribution in [3.8, 4) is 0 Å². The number of carbonyl (C=O) groups is 3. The van der Waals surface area contributed by atoms with Crippen LogP contribution in [0.3, 0.4) is 0 Å². The smallest absolute Gasteiger partial charge is 0.305 e. The van der Waals surface area contributed by atoms with Gasteiger partial charge in [0, 0.05) is 46.2 Å². The minimum atomic E-state index is -1.02. The van der Waals surface area contributed by atoms with E-state index in [9.17, 15) is 14.4 Å². The Balaban J connectivity index is 1.58. The van der Waals surface area contributed by atoms with Gasteiger partial charge in [-0.2, -0.15) is 0 Å². The number of hydrogen-bond donors (Lipinski definition) is 0. The van der Waals surface area contributed by atoms with Crippen LogP contribution >= 0.6 is 22.9 Å². The number of ether oxygens (including phenoxy) is 1. The van der Waals surface area contributed by atoms with Gasteiger partial charge >= 0.3 is 5.97 Å². The number of likely N-dealkylation sites (tertiary alicyclic amines) is 1. The second-order valence-corrected chi connectivity index (χ2v) is 9.67. The summed E-state index contributed by atoms with van der Waals surface area (Å²) in [6.45, 7) is 4.59. The SMILES string of the molecule is CCOC(=O)CCCN(C(=O)C1(C)CCN1C(=O)c1csc2ccccc12)c1cc(Cl)ccn1. The van der Waals surface area contributed by atoms with E-state index in [2.05, 4.69) is 4.98 Å². The maximum absolute atomic E-state index is 13.8. The van der Waals surface area contributed by atoms with Gasteiger partial charge in [-0.25, -0.2) is 4.98 Å². The van der Waals surface area contributed by atoms with Crippen molar-refractivity contribution in [2.24, 2.45) is 0 Å². The van der Waals surface area contributed by atoms with Crippen molar-refractivity contribution in [3.63, 3.8) is 0 Å². The Hall–Kier alpha value is -2.97. The average Bonchev–Trinajstić information content (AvgIpc) is 3.25. The van der Waals surface area contributed by atoms with Crippen molar-refractivity contribution in [2.45, 2.75) is 38.6 Å². The van der Waals surface area contributed by atoms with E-state index in [1.165, 1.54) is 22.4 Å². The molecule has 0 bridgehead atoms. The summed E-state index contributed by atoms with van der Waals surface area (Å²) in [5.41, 5.74) is -0.414. The molecule has 0 radical (unpaired) electrons. The maximum Gasteiger partial charge on any atom is 0.305 e. The molecule has 7 nitrogen and oxygen atoms in total. The molecule has 9 heteroatoms. The van der Waals surface area contributed by atoms with E-state index < -0.39 is 5.54 Å². The molecule has 0 aliphatic carbocycles. The van der Waals surface area contributed by atoms with Gasteiger partial charge in [-0.1, -0.05) is 29.8 Å². The highest BCUT2D eigenvalue weighted by atomic mass is 35.5. The quantitative estimate of drug-likeness (QED) is 0.410. The minimum Gasteiger partial charge on any atom is -0.466 e. The summed E-state index contributed by atoms with van der Waals surface area (Å²) in [6.07, 6.45) is 2.65. The number of benzene rings is 1. The molecular weight excluding hydrogens is 474 g/mol. The zero-order valence-electron chi connectivity index (χ0n) is 19.1. The average molecular weight is 500 g/mol. The van der Waals surface area contributed by atoms with Crippen LogP contribution in [0.5, 0.6) is 0 Å². The lowest BCUT2D eigenvalue weighted by Gasteiger charge is -2.50. The first-order valence-corrected chi connectivity index (χ1v) is 12.5. The van der Waals surface area contributed by atoms with Crippen LogP contribution < -0.4 is 4.90 Å². The molecule has 1 aliphatic heterocycles. The standard InChI is InChI=1S/C25H26ClN3O4S/c1-3-33-22(30)9-6-13-28(21-15-17(26)10-12-27-21)24(32)25(2)11-14-29(25)23(31)19-16-34-20-8-5-4-7-18(19)20/h4-5,7-8,10,12,15-16H,3,6,9,11,13-14H2,1-2H3. The van der Waals surface area contributed by atoms with Crippen LogP contribution in [0.2, 0.25) is 5.02 Å². The Labute approximate surface area is 207 Å². The lowest BCUT2D eigenvalue weighted by molar-refractivity contribution is -0.143. The molecule has 1 fully saturated rings. The predicted molar refractivity (Wildman–Crippen MR) is 133 cm³/mol. The molecule has 1 aliphatic rings. The third kappa shape index (κ3) is 4.65. The fourth-order valence-electron chi connectivity index (χ4n) is 4.16. The molecule has 4 rings (SSSR count). The van der Waals surface area contributed by atoms with Crippen LogP contribution in [0.4, 0.5) is 5.82 Å². The number of nitrogens with zero attached hydrogens (tertiary/aromatic N) is 3. The molecule has 34 heavy (non-hydrogen) atoms. The number of amides is 2. The van der Waals surface area contributed by atoms with E-state index in [0.717, 1.165) is 10.1 Å². The number of anilines is 1. The fourth-order valence-corrected chi connectivity index (χ4v) is 5.25.